The highest BCUT2D eigenvalue weighted by Crippen LogP contribution is 2.33. The fourth-order valence-corrected chi connectivity index (χ4v) is 6.20. The molecule has 4 aromatic carbocycles. The number of nitrogens with two attached hydrogens (primary N) is 2. The Balaban J connectivity index is 1.73. The highest BCUT2D eigenvalue weighted by molar-refractivity contribution is 5.60. The molecule has 45 heavy (non-hydrogen) atoms. The quantitative estimate of drug-likeness (QED) is 0.187. The average molecular weight is 600 g/mol. The summed E-state index contributed by atoms with van der Waals surface area (Å²) in [6.07, 6.45) is 4.79. The Hall–Kier alpha value is -5.04. The van der Waals surface area contributed by atoms with Crippen LogP contribution in [0.2, 0.25) is 0 Å². The van der Waals surface area contributed by atoms with Gasteiger partial charge in [0.1, 0.15) is 5.82 Å². The molecule has 7 nitrogen and oxygen atoms in total. The number of benzene rings is 4. The van der Waals surface area contributed by atoms with Crippen molar-refractivity contribution >= 4 is 28.8 Å². The zero-order valence-corrected chi connectivity index (χ0v) is 27.4. The van der Waals surface area contributed by atoms with E-state index in [1.807, 2.05) is 0 Å². The Bertz CT molecular complexity index is 1700. The van der Waals surface area contributed by atoms with Crippen molar-refractivity contribution in [3.63, 3.8) is 0 Å². The van der Waals surface area contributed by atoms with Crippen LogP contribution < -0.4 is 26.2 Å². The second kappa shape index (κ2) is 13.7. The van der Waals surface area contributed by atoms with Crippen molar-refractivity contribution in [2.24, 2.45) is 0 Å². The van der Waals surface area contributed by atoms with Crippen molar-refractivity contribution in [1.29, 1.82) is 0 Å². The smallest absolute Gasteiger partial charge is 0.221 e. The Kier molecular flexibility index (Phi) is 9.57. The van der Waals surface area contributed by atoms with E-state index < -0.39 is 0 Å². The highest BCUT2D eigenvalue weighted by Gasteiger charge is 2.19. The molecule has 0 amide bonds. The van der Waals surface area contributed by atoms with Crippen LogP contribution >= 0.6 is 0 Å². The molecule has 0 fully saturated rings. The van der Waals surface area contributed by atoms with Crippen molar-refractivity contribution in [1.82, 2.24) is 9.97 Å². The molecule has 1 aromatic heterocycles. The summed E-state index contributed by atoms with van der Waals surface area (Å²) in [6.45, 7) is 0. The normalized spacial score (nSPS) is 11.0. The van der Waals surface area contributed by atoms with Gasteiger partial charge in [0, 0.05) is 84.0 Å². The number of nitrogen functional groups attached to an aromatic ring is 2. The lowest BCUT2D eigenvalue weighted by Crippen LogP contribution is -2.15. The lowest BCUT2D eigenvalue weighted by Gasteiger charge is -2.24. The second-order valence-electron chi connectivity index (χ2n) is 12.3. The molecule has 4 N–H and O–H groups in total. The monoisotopic (exact) mass is 599 g/mol. The van der Waals surface area contributed by atoms with Gasteiger partial charge in [-0.25, -0.2) is 4.98 Å². The molecule has 0 aliphatic heterocycles. The number of para-hydroxylation sites is 3. The number of nitrogens with zero attached hydrogens (tertiary/aromatic N) is 5. The first-order valence-electron chi connectivity index (χ1n) is 15.4. The van der Waals surface area contributed by atoms with Crippen molar-refractivity contribution in [2.45, 2.75) is 25.7 Å². The van der Waals surface area contributed by atoms with Gasteiger partial charge in [0.15, 0.2) is 0 Å². The molecular formula is C38H45N7. The number of hydrogen-bond donors (Lipinski definition) is 2. The molecule has 0 unspecified atom stereocenters. The highest BCUT2D eigenvalue weighted by atomic mass is 15.1. The lowest BCUT2D eigenvalue weighted by molar-refractivity contribution is 0.988. The maximum atomic E-state index is 6.33. The second-order valence-corrected chi connectivity index (χ2v) is 12.3. The van der Waals surface area contributed by atoms with Crippen molar-refractivity contribution in [2.75, 3.05) is 68.5 Å². The van der Waals surface area contributed by atoms with Gasteiger partial charge in [-0.3, -0.25) is 0 Å². The molecule has 0 atom stereocenters. The summed E-state index contributed by atoms with van der Waals surface area (Å²) in [4.78, 5) is 15.1. The maximum absolute atomic E-state index is 6.33. The van der Waals surface area contributed by atoms with Crippen LogP contribution in [-0.2, 0) is 25.7 Å². The molecule has 5 aromatic rings. The summed E-state index contributed by atoms with van der Waals surface area (Å²) in [5, 5.41) is 0. The Morgan fingerprint density at radius 3 is 1.36 bits per heavy atom. The minimum atomic E-state index is 0.188. The molecule has 0 radical (unpaired) electrons. The standard InChI is InChI=1S/C38H45N7/c1-43(2)34-16-10-7-13-27(34)22-30-19-26(21-32-25-41-38(40)42-37(32)39)20-31(23-28-14-8-11-17-35(28)44(3)4)33(30)24-29-15-9-12-18-36(29)45(5)6/h7-20,25H,21-24H2,1-6H3,(H4,39,40,41,42). The first-order chi connectivity index (χ1) is 21.6. The van der Waals surface area contributed by atoms with Gasteiger partial charge in [0.05, 0.1) is 0 Å². The summed E-state index contributed by atoms with van der Waals surface area (Å²) in [7, 11) is 12.7. The van der Waals surface area contributed by atoms with E-state index in [-0.39, 0.29) is 5.95 Å². The van der Waals surface area contributed by atoms with Crippen LogP contribution in [0.5, 0.6) is 0 Å². The van der Waals surface area contributed by atoms with Gasteiger partial charge in [-0.2, -0.15) is 4.98 Å². The molecule has 0 bridgehead atoms. The number of anilines is 5. The minimum absolute atomic E-state index is 0.188. The van der Waals surface area contributed by atoms with Gasteiger partial charge < -0.3 is 26.2 Å². The van der Waals surface area contributed by atoms with Crippen molar-refractivity contribution < 1.29 is 0 Å². The van der Waals surface area contributed by atoms with E-state index in [9.17, 15) is 0 Å². The largest absolute Gasteiger partial charge is 0.383 e. The Labute approximate surface area is 268 Å². The first kappa shape index (κ1) is 31.4. The van der Waals surface area contributed by atoms with Crippen LogP contribution in [0, 0.1) is 0 Å². The van der Waals surface area contributed by atoms with E-state index in [1.54, 1.807) is 6.20 Å². The SMILES string of the molecule is CN(C)c1ccccc1Cc1cc(Cc2cnc(N)nc2N)cc(Cc2ccccc2N(C)C)c1Cc1ccccc1N(C)C. The van der Waals surface area contributed by atoms with E-state index >= 15 is 0 Å². The number of hydrogen-bond acceptors (Lipinski definition) is 7. The predicted molar refractivity (Wildman–Crippen MR) is 191 cm³/mol. The molecule has 0 saturated heterocycles. The molecule has 232 valence electrons. The van der Waals surface area contributed by atoms with Gasteiger partial charge in [0.2, 0.25) is 5.95 Å². The van der Waals surface area contributed by atoms with Gasteiger partial charge in [0.25, 0.3) is 0 Å². The van der Waals surface area contributed by atoms with E-state index in [4.69, 9.17) is 11.5 Å². The third kappa shape index (κ3) is 7.37. The topological polar surface area (TPSA) is 87.5 Å². The molecule has 0 spiro atoms. The molecule has 0 aliphatic carbocycles. The van der Waals surface area contributed by atoms with Gasteiger partial charge in [-0.15, -0.1) is 0 Å². The molecule has 0 saturated carbocycles. The third-order valence-electron chi connectivity index (χ3n) is 8.36. The summed E-state index contributed by atoms with van der Waals surface area (Å²) >= 11 is 0. The van der Waals surface area contributed by atoms with Crippen molar-refractivity contribution in [3.05, 3.63) is 136 Å². The summed E-state index contributed by atoms with van der Waals surface area (Å²) in [5.74, 6) is 0.610. The van der Waals surface area contributed by atoms with Crippen LogP contribution in [0.3, 0.4) is 0 Å². The summed E-state index contributed by atoms with van der Waals surface area (Å²) in [6, 6.07) is 30.8. The Morgan fingerprint density at radius 2 is 0.933 bits per heavy atom. The van der Waals surface area contributed by atoms with E-state index in [0.717, 1.165) is 24.8 Å². The van der Waals surface area contributed by atoms with Crippen LogP contribution in [-0.4, -0.2) is 52.3 Å². The first-order valence-corrected chi connectivity index (χ1v) is 15.4. The fourth-order valence-electron chi connectivity index (χ4n) is 6.20. The van der Waals surface area contributed by atoms with E-state index in [0.29, 0.717) is 12.2 Å². The minimum Gasteiger partial charge on any atom is -0.383 e. The van der Waals surface area contributed by atoms with Crippen molar-refractivity contribution in [3.8, 4) is 0 Å². The third-order valence-corrected chi connectivity index (χ3v) is 8.36. The van der Waals surface area contributed by atoms with Crippen LogP contribution in [0.15, 0.2) is 91.1 Å². The van der Waals surface area contributed by atoms with E-state index in [2.05, 4.69) is 152 Å². The number of rotatable bonds is 11. The molecule has 7 heteroatoms. The average Bonchev–Trinajstić information content (AvgIpc) is 3.00. The summed E-state index contributed by atoms with van der Waals surface area (Å²) < 4.78 is 0. The predicted octanol–water partition coefficient (Wildman–Crippen LogP) is 6.20. The number of aromatic nitrogens is 2. The molecule has 0 aliphatic rings. The zero-order chi connectivity index (χ0) is 32.1. The molecule has 1 heterocycles. The maximum Gasteiger partial charge on any atom is 0.221 e. The fraction of sp³-hybridized carbons (Fsp3) is 0.263. The van der Waals surface area contributed by atoms with Gasteiger partial charge >= 0.3 is 0 Å². The van der Waals surface area contributed by atoms with Crippen LogP contribution in [0.4, 0.5) is 28.8 Å². The molecule has 5 rings (SSSR count). The summed E-state index contributed by atoms with van der Waals surface area (Å²) in [5.41, 5.74) is 25.7. The van der Waals surface area contributed by atoms with Crippen LogP contribution in [0.25, 0.3) is 0 Å². The van der Waals surface area contributed by atoms with Gasteiger partial charge in [-0.05, 0) is 70.0 Å². The van der Waals surface area contributed by atoms with Crippen LogP contribution in [0.1, 0.15) is 44.5 Å². The zero-order valence-electron chi connectivity index (χ0n) is 27.4. The Morgan fingerprint density at radius 1 is 0.511 bits per heavy atom. The molecular weight excluding hydrogens is 554 g/mol. The lowest BCUT2D eigenvalue weighted by atomic mass is 9.85. The van der Waals surface area contributed by atoms with Gasteiger partial charge in [-0.1, -0.05) is 66.7 Å². The van der Waals surface area contributed by atoms with E-state index in [1.165, 1.54) is 56.0 Å².